The van der Waals surface area contributed by atoms with Crippen LogP contribution in [0.25, 0.3) is 0 Å². The van der Waals surface area contributed by atoms with Gasteiger partial charge in [-0.2, -0.15) is 13.2 Å². The van der Waals surface area contributed by atoms with E-state index in [2.05, 4.69) is 5.32 Å². The third kappa shape index (κ3) is 8.37. The highest BCUT2D eigenvalue weighted by Crippen LogP contribution is 2.37. The average molecular weight is 658 g/mol. The Kier molecular flexibility index (Phi) is 11.1. The number of alkyl halides is 3. The van der Waals surface area contributed by atoms with Crippen LogP contribution < -0.4 is 10.2 Å². The highest BCUT2D eigenvalue weighted by molar-refractivity contribution is 6.35. The first-order valence-electron chi connectivity index (χ1n) is 14.7. The molecule has 2 fully saturated rings. The fraction of sp³-hybridized carbons (Fsp3) is 0.516. The summed E-state index contributed by atoms with van der Waals surface area (Å²) in [5, 5.41) is 13.1. The molecular weight excluding hydrogens is 620 g/mol. The van der Waals surface area contributed by atoms with Gasteiger partial charge in [0.15, 0.2) is 0 Å². The van der Waals surface area contributed by atoms with E-state index in [0.717, 1.165) is 12.1 Å². The van der Waals surface area contributed by atoms with E-state index in [1.807, 2.05) is 18.7 Å². The van der Waals surface area contributed by atoms with Crippen molar-refractivity contribution in [3.05, 3.63) is 63.1 Å². The fourth-order valence-corrected chi connectivity index (χ4v) is 6.39. The second kappa shape index (κ2) is 14.4. The van der Waals surface area contributed by atoms with E-state index < -0.39 is 36.3 Å². The molecule has 0 radical (unpaired) electrons. The van der Waals surface area contributed by atoms with Crippen LogP contribution in [0.3, 0.4) is 0 Å². The van der Waals surface area contributed by atoms with Gasteiger partial charge >= 0.3 is 12.1 Å². The number of aliphatic carboxylic acids is 1. The van der Waals surface area contributed by atoms with Crippen LogP contribution in [-0.2, 0) is 27.0 Å². The number of piperazine rings is 1. The molecular formula is C31H37Cl2F3N4O4. The number of hydrogen-bond acceptors (Lipinski definition) is 5. The number of hydrogen-bond donors (Lipinski definition) is 2. The Morgan fingerprint density at radius 1 is 1.02 bits per heavy atom. The minimum absolute atomic E-state index is 0.0810. The van der Waals surface area contributed by atoms with Gasteiger partial charge in [-0.05, 0) is 60.2 Å². The number of nitrogens with zero attached hydrogens (tertiary/aromatic N) is 3. The highest BCUT2D eigenvalue weighted by Gasteiger charge is 2.38. The van der Waals surface area contributed by atoms with Crippen LogP contribution in [0, 0.1) is 5.92 Å². The largest absolute Gasteiger partial charge is 0.480 e. The van der Waals surface area contributed by atoms with Gasteiger partial charge in [0.2, 0.25) is 11.8 Å². The predicted octanol–water partition coefficient (Wildman–Crippen LogP) is 5.66. The number of likely N-dealkylation sites (tertiary alicyclic amines) is 1. The van der Waals surface area contributed by atoms with Gasteiger partial charge in [-0.3, -0.25) is 19.7 Å². The molecule has 0 aliphatic carbocycles. The van der Waals surface area contributed by atoms with Gasteiger partial charge in [-0.1, -0.05) is 43.1 Å². The molecule has 2 aliphatic heterocycles. The molecule has 2 aliphatic rings. The average Bonchev–Trinajstić information content (AvgIpc) is 3.39. The zero-order valence-corrected chi connectivity index (χ0v) is 26.2. The molecule has 0 spiro atoms. The first-order valence-corrected chi connectivity index (χ1v) is 15.4. The Labute approximate surface area is 265 Å². The summed E-state index contributed by atoms with van der Waals surface area (Å²) in [6.07, 6.45) is -2.87. The molecule has 2 heterocycles. The van der Waals surface area contributed by atoms with Crippen molar-refractivity contribution < 1.29 is 32.7 Å². The Balaban J connectivity index is 1.57. The maximum absolute atomic E-state index is 13.9. The molecule has 0 saturated carbocycles. The molecule has 240 valence electrons. The highest BCUT2D eigenvalue weighted by atomic mass is 35.5. The van der Waals surface area contributed by atoms with Gasteiger partial charge in [-0.25, -0.2) is 0 Å². The second-order valence-corrected chi connectivity index (χ2v) is 12.5. The van der Waals surface area contributed by atoms with E-state index in [1.54, 1.807) is 28.0 Å². The van der Waals surface area contributed by atoms with Crippen LogP contribution in [0.2, 0.25) is 10.0 Å². The predicted molar refractivity (Wildman–Crippen MR) is 163 cm³/mol. The van der Waals surface area contributed by atoms with Gasteiger partial charge in [0, 0.05) is 67.3 Å². The molecule has 2 amide bonds. The van der Waals surface area contributed by atoms with E-state index in [0.29, 0.717) is 78.8 Å². The monoisotopic (exact) mass is 656 g/mol. The van der Waals surface area contributed by atoms with Gasteiger partial charge in [-0.15, -0.1) is 0 Å². The molecule has 8 nitrogen and oxygen atoms in total. The number of carbonyl (C=O) groups is 3. The van der Waals surface area contributed by atoms with Gasteiger partial charge in [0.05, 0.1) is 12.1 Å². The van der Waals surface area contributed by atoms with E-state index in [4.69, 9.17) is 23.2 Å². The van der Waals surface area contributed by atoms with Crippen LogP contribution in [0.5, 0.6) is 0 Å². The van der Waals surface area contributed by atoms with Crippen molar-refractivity contribution in [1.82, 2.24) is 15.1 Å². The summed E-state index contributed by atoms with van der Waals surface area (Å²) in [6, 6.07) is 7.23. The summed E-state index contributed by atoms with van der Waals surface area (Å²) in [7, 11) is 0. The second-order valence-electron chi connectivity index (χ2n) is 11.7. The smallest absolute Gasteiger partial charge is 0.416 e. The van der Waals surface area contributed by atoms with Crippen molar-refractivity contribution in [1.29, 1.82) is 0 Å². The van der Waals surface area contributed by atoms with Crippen molar-refractivity contribution in [2.24, 2.45) is 5.92 Å². The molecule has 0 bridgehead atoms. The zero-order chi connectivity index (χ0) is 32.2. The van der Waals surface area contributed by atoms with E-state index in [1.165, 1.54) is 6.07 Å². The molecule has 2 N–H and O–H groups in total. The molecule has 0 unspecified atom stereocenters. The van der Waals surface area contributed by atoms with Crippen molar-refractivity contribution in [2.75, 3.05) is 44.2 Å². The number of amides is 2. The standard InChI is InChI=1S/C31H37Cl2F3N4O4/c1-19(2)14-25(37-18-29(42)43)23-16-21(31(34,35)36)6-8-26(23)38-10-12-39(13-11-38)30(44)27(40-9-3-4-28(40)41)15-20-5-7-22(32)17-24(20)33/h5-8,16-17,19,25,27,37H,3-4,9-15,18H2,1-2H3,(H,42,43)/t25-,27+/m0/s1. The molecule has 0 aromatic heterocycles. The van der Waals surface area contributed by atoms with Crippen LogP contribution >= 0.6 is 23.2 Å². The Morgan fingerprint density at radius 2 is 1.73 bits per heavy atom. The van der Waals surface area contributed by atoms with Crippen LogP contribution in [0.4, 0.5) is 18.9 Å². The first-order chi connectivity index (χ1) is 20.7. The number of carboxylic acids is 1. The van der Waals surface area contributed by atoms with E-state index in [-0.39, 0.29) is 24.2 Å². The van der Waals surface area contributed by atoms with Crippen molar-refractivity contribution >= 4 is 46.7 Å². The lowest BCUT2D eigenvalue weighted by atomic mass is 9.93. The minimum Gasteiger partial charge on any atom is -0.480 e. The molecule has 2 aromatic carbocycles. The van der Waals surface area contributed by atoms with Gasteiger partial charge < -0.3 is 19.8 Å². The molecule has 2 aromatic rings. The summed E-state index contributed by atoms with van der Waals surface area (Å²) in [5.41, 5.74) is 0.822. The number of carboxylic acid groups (broad SMARTS) is 1. The Hall–Kier alpha value is -3.02. The van der Waals surface area contributed by atoms with Crippen LogP contribution in [0.1, 0.15) is 55.8 Å². The number of halogens is 5. The number of benzene rings is 2. The van der Waals surface area contributed by atoms with Crippen LogP contribution in [0.15, 0.2) is 36.4 Å². The van der Waals surface area contributed by atoms with Crippen molar-refractivity contribution in [2.45, 2.75) is 57.8 Å². The van der Waals surface area contributed by atoms with Crippen molar-refractivity contribution in [3.63, 3.8) is 0 Å². The summed E-state index contributed by atoms with van der Waals surface area (Å²) in [6.45, 7) is 5.20. The SMILES string of the molecule is CC(C)C[C@H](NCC(=O)O)c1cc(C(F)(F)F)ccc1N1CCN(C(=O)[C@@H](Cc2ccc(Cl)cc2Cl)N2CCCC2=O)CC1. The summed E-state index contributed by atoms with van der Waals surface area (Å²) in [4.78, 5) is 43.2. The van der Waals surface area contributed by atoms with Crippen LogP contribution in [-0.4, -0.2) is 78.0 Å². The number of rotatable bonds is 11. The summed E-state index contributed by atoms with van der Waals surface area (Å²) in [5.74, 6) is -1.33. The topological polar surface area (TPSA) is 93.2 Å². The lowest BCUT2D eigenvalue weighted by Gasteiger charge is -2.40. The lowest BCUT2D eigenvalue weighted by molar-refractivity contribution is -0.143. The van der Waals surface area contributed by atoms with E-state index >= 15 is 0 Å². The molecule has 44 heavy (non-hydrogen) atoms. The fourth-order valence-electron chi connectivity index (χ4n) is 5.90. The molecule has 2 atom stereocenters. The third-order valence-electron chi connectivity index (χ3n) is 8.07. The number of carbonyl (C=O) groups excluding carboxylic acids is 2. The quantitative estimate of drug-likeness (QED) is 0.325. The number of anilines is 1. The molecule has 4 rings (SSSR count). The first kappa shape index (κ1) is 33.9. The van der Waals surface area contributed by atoms with E-state index in [9.17, 15) is 32.7 Å². The zero-order valence-electron chi connectivity index (χ0n) is 24.7. The van der Waals surface area contributed by atoms with Gasteiger partial charge in [0.1, 0.15) is 6.04 Å². The Morgan fingerprint density at radius 3 is 2.30 bits per heavy atom. The van der Waals surface area contributed by atoms with Crippen molar-refractivity contribution in [3.8, 4) is 0 Å². The normalized spacial score (nSPS) is 17.4. The third-order valence-corrected chi connectivity index (χ3v) is 8.66. The number of nitrogens with one attached hydrogen (secondary N) is 1. The molecule has 13 heteroatoms. The van der Waals surface area contributed by atoms with Gasteiger partial charge in [0.25, 0.3) is 0 Å². The Bertz CT molecular complexity index is 1370. The summed E-state index contributed by atoms with van der Waals surface area (Å²) >= 11 is 12.5. The maximum Gasteiger partial charge on any atom is 0.416 e. The lowest BCUT2D eigenvalue weighted by Crippen LogP contribution is -2.56. The maximum atomic E-state index is 13.9. The minimum atomic E-state index is -4.57. The summed E-state index contributed by atoms with van der Waals surface area (Å²) < 4.78 is 41.2. The molecule has 2 saturated heterocycles.